The quantitative estimate of drug-likeness (QED) is 0.176. The van der Waals surface area contributed by atoms with E-state index in [4.69, 9.17) is 0 Å². The van der Waals surface area contributed by atoms with E-state index in [1.54, 1.807) is 0 Å². The van der Waals surface area contributed by atoms with Crippen LogP contribution in [0, 0.1) is 27.7 Å². The Balaban J connectivity index is 0.000000162. The van der Waals surface area contributed by atoms with Crippen molar-refractivity contribution in [2.75, 3.05) is 0 Å². The highest BCUT2D eigenvalue weighted by molar-refractivity contribution is 5.73. The standard InChI is InChI=1S/2C24H20N2/c1-17-7-6-10-22(15-17)24-16-23(25-18(2)26-24)21-13-11-20(12-14-21)19-8-4-3-5-9-19;1-17-8-10-21(11-9-17)23-16-24(26-18(2)25-23)22-14-12-20(13-15-22)19-6-4-3-5-7-19/h2*3-16H,1-2H3. The third-order valence-corrected chi connectivity index (χ3v) is 8.91. The Morgan fingerprint density at radius 1 is 0.250 bits per heavy atom. The van der Waals surface area contributed by atoms with Crippen molar-refractivity contribution in [1.82, 2.24) is 19.9 Å². The third kappa shape index (κ3) is 8.26. The normalized spacial score (nSPS) is 10.7. The van der Waals surface area contributed by atoms with Gasteiger partial charge in [0.1, 0.15) is 11.6 Å². The molecule has 8 aromatic rings. The molecule has 0 atom stereocenters. The largest absolute Gasteiger partial charge is 0.233 e. The van der Waals surface area contributed by atoms with Gasteiger partial charge in [-0.3, -0.25) is 0 Å². The van der Waals surface area contributed by atoms with Crippen molar-refractivity contribution in [3.05, 3.63) is 193 Å². The van der Waals surface area contributed by atoms with Gasteiger partial charge in [-0.1, -0.05) is 163 Å². The molecule has 0 unspecified atom stereocenters. The third-order valence-electron chi connectivity index (χ3n) is 8.91. The lowest BCUT2D eigenvalue weighted by Crippen LogP contribution is -1.95. The second kappa shape index (κ2) is 15.6. The maximum atomic E-state index is 4.64. The van der Waals surface area contributed by atoms with Crippen LogP contribution in [0.15, 0.2) is 170 Å². The SMILES string of the molecule is Cc1ccc(-c2cc(-c3ccc(-c4ccccc4)cc3)nc(C)n2)cc1.Cc1cccc(-c2cc(-c3ccc(-c4ccccc4)cc3)nc(C)n2)c1. The lowest BCUT2D eigenvalue weighted by atomic mass is 10.0. The molecule has 4 nitrogen and oxygen atoms in total. The number of aromatic nitrogens is 4. The first-order valence-corrected chi connectivity index (χ1v) is 17.6. The zero-order valence-electron chi connectivity index (χ0n) is 30.0. The van der Waals surface area contributed by atoms with E-state index < -0.39 is 0 Å². The predicted molar refractivity (Wildman–Crippen MR) is 216 cm³/mol. The molecule has 2 aromatic heterocycles. The van der Waals surface area contributed by atoms with Crippen LogP contribution in [0.1, 0.15) is 22.8 Å². The highest BCUT2D eigenvalue weighted by Crippen LogP contribution is 2.29. The molecule has 0 amide bonds. The number of rotatable bonds is 6. The Morgan fingerprint density at radius 3 is 0.981 bits per heavy atom. The Morgan fingerprint density at radius 2 is 0.577 bits per heavy atom. The van der Waals surface area contributed by atoms with Crippen LogP contribution in [0.4, 0.5) is 0 Å². The van der Waals surface area contributed by atoms with Gasteiger partial charge in [-0.05, 0) is 68.1 Å². The van der Waals surface area contributed by atoms with Gasteiger partial charge in [0.25, 0.3) is 0 Å². The summed E-state index contributed by atoms with van der Waals surface area (Å²) < 4.78 is 0. The van der Waals surface area contributed by atoms with Crippen LogP contribution >= 0.6 is 0 Å². The van der Waals surface area contributed by atoms with Crippen molar-refractivity contribution < 1.29 is 0 Å². The highest BCUT2D eigenvalue weighted by Gasteiger charge is 2.09. The summed E-state index contributed by atoms with van der Waals surface area (Å²) in [5, 5.41) is 0. The fourth-order valence-corrected chi connectivity index (χ4v) is 6.18. The van der Waals surface area contributed by atoms with Gasteiger partial charge in [-0.25, -0.2) is 19.9 Å². The van der Waals surface area contributed by atoms with Gasteiger partial charge in [0, 0.05) is 22.3 Å². The second-order valence-corrected chi connectivity index (χ2v) is 13.0. The first-order chi connectivity index (χ1) is 25.4. The van der Waals surface area contributed by atoms with E-state index in [0.717, 1.165) is 56.7 Å². The van der Waals surface area contributed by atoms with E-state index in [2.05, 4.69) is 192 Å². The summed E-state index contributed by atoms with van der Waals surface area (Å²) in [6.07, 6.45) is 0. The summed E-state index contributed by atoms with van der Waals surface area (Å²) in [5.41, 5.74) is 15.6. The summed E-state index contributed by atoms with van der Waals surface area (Å²) >= 11 is 0. The van der Waals surface area contributed by atoms with E-state index in [1.807, 2.05) is 26.0 Å². The lowest BCUT2D eigenvalue weighted by Gasteiger charge is -2.08. The molecule has 2 heterocycles. The van der Waals surface area contributed by atoms with Crippen LogP contribution in [0.25, 0.3) is 67.3 Å². The average molecular weight is 673 g/mol. The summed E-state index contributed by atoms with van der Waals surface area (Å²) in [7, 11) is 0. The van der Waals surface area contributed by atoms with Crippen LogP contribution in [-0.4, -0.2) is 19.9 Å². The van der Waals surface area contributed by atoms with Crippen molar-refractivity contribution >= 4 is 0 Å². The molecule has 6 aromatic carbocycles. The molecule has 0 aliphatic carbocycles. The predicted octanol–water partition coefficient (Wildman–Crippen LogP) is 12.2. The van der Waals surface area contributed by atoms with E-state index in [1.165, 1.54) is 33.4 Å². The molecule has 0 aliphatic rings. The molecule has 0 radical (unpaired) electrons. The Bertz CT molecular complexity index is 2400. The average Bonchev–Trinajstić information content (AvgIpc) is 3.19. The molecule has 0 saturated carbocycles. The molecule has 52 heavy (non-hydrogen) atoms. The van der Waals surface area contributed by atoms with Crippen molar-refractivity contribution in [2.45, 2.75) is 27.7 Å². The highest BCUT2D eigenvalue weighted by atomic mass is 14.9. The molecule has 0 fully saturated rings. The van der Waals surface area contributed by atoms with Gasteiger partial charge in [0.05, 0.1) is 22.8 Å². The number of hydrogen-bond donors (Lipinski definition) is 0. The van der Waals surface area contributed by atoms with Crippen LogP contribution in [0.3, 0.4) is 0 Å². The minimum absolute atomic E-state index is 0.783. The zero-order chi connectivity index (χ0) is 35.9. The minimum atomic E-state index is 0.783. The number of benzene rings is 6. The van der Waals surface area contributed by atoms with E-state index in [9.17, 15) is 0 Å². The topological polar surface area (TPSA) is 51.6 Å². The molecule has 0 N–H and O–H groups in total. The van der Waals surface area contributed by atoms with Crippen LogP contribution < -0.4 is 0 Å². The molecule has 8 rings (SSSR count). The Labute approximate surface area is 306 Å². The minimum Gasteiger partial charge on any atom is -0.233 e. The number of nitrogens with zero attached hydrogens (tertiary/aromatic N) is 4. The van der Waals surface area contributed by atoms with Gasteiger partial charge in [0.2, 0.25) is 0 Å². The molecule has 0 aliphatic heterocycles. The van der Waals surface area contributed by atoms with E-state index in [0.29, 0.717) is 0 Å². The van der Waals surface area contributed by atoms with Crippen LogP contribution in [0.2, 0.25) is 0 Å². The molecule has 4 heteroatoms. The smallest absolute Gasteiger partial charge is 0.126 e. The van der Waals surface area contributed by atoms with Gasteiger partial charge < -0.3 is 0 Å². The second-order valence-electron chi connectivity index (χ2n) is 13.0. The van der Waals surface area contributed by atoms with Crippen molar-refractivity contribution in [2.24, 2.45) is 0 Å². The van der Waals surface area contributed by atoms with Gasteiger partial charge in [-0.2, -0.15) is 0 Å². The molecule has 0 saturated heterocycles. The van der Waals surface area contributed by atoms with E-state index in [-0.39, 0.29) is 0 Å². The summed E-state index contributed by atoms with van der Waals surface area (Å²) in [4.78, 5) is 18.5. The Hall–Kier alpha value is -6.52. The van der Waals surface area contributed by atoms with Crippen LogP contribution in [0.5, 0.6) is 0 Å². The zero-order valence-corrected chi connectivity index (χ0v) is 30.0. The summed E-state index contributed by atoms with van der Waals surface area (Å²) in [6, 6.07) is 58.9. The molecular weight excluding hydrogens is 633 g/mol. The van der Waals surface area contributed by atoms with Crippen molar-refractivity contribution in [1.29, 1.82) is 0 Å². The van der Waals surface area contributed by atoms with Gasteiger partial charge in [-0.15, -0.1) is 0 Å². The molecule has 0 spiro atoms. The number of hydrogen-bond acceptors (Lipinski definition) is 4. The molecular formula is C48H40N4. The Kier molecular flexibility index (Phi) is 10.2. The summed E-state index contributed by atoms with van der Waals surface area (Å²) in [5.74, 6) is 1.57. The fraction of sp³-hybridized carbons (Fsp3) is 0.0833. The van der Waals surface area contributed by atoms with Crippen LogP contribution in [-0.2, 0) is 0 Å². The van der Waals surface area contributed by atoms with Gasteiger partial charge >= 0.3 is 0 Å². The lowest BCUT2D eigenvalue weighted by molar-refractivity contribution is 1.06. The molecule has 252 valence electrons. The van der Waals surface area contributed by atoms with Crippen molar-refractivity contribution in [3.63, 3.8) is 0 Å². The molecule has 0 bridgehead atoms. The maximum absolute atomic E-state index is 4.64. The van der Waals surface area contributed by atoms with Crippen molar-refractivity contribution in [3.8, 4) is 67.3 Å². The fourth-order valence-electron chi connectivity index (χ4n) is 6.18. The van der Waals surface area contributed by atoms with E-state index >= 15 is 0 Å². The maximum Gasteiger partial charge on any atom is 0.126 e. The summed E-state index contributed by atoms with van der Waals surface area (Å²) in [6.45, 7) is 8.08. The number of aryl methyl sites for hydroxylation is 4. The van der Waals surface area contributed by atoms with Gasteiger partial charge in [0.15, 0.2) is 0 Å². The monoisotopic (exact) mass is 672 g/mol. The first kappa shape index (κ1) is 34.0. The first-order valence-electron chi connectivity index (χ1n) is 17.6.